The summed E-state index contributed by atoms with van der Waals surface area (Å²) in [4.78, 5) is 20.1. The van der Waals surface area contributed by atoms with Gasteiger partial charge < -0.3 is 11.1 Å². The highest BCUT2D eigenvalue weighted by atomic mass is 16.1. The molecule has 0 spiro atoms. The van der Waals surface area contributed by atoms with E-state index in [4.69, 9.17) is 5.73 Å². The Morgan fingerprint density at radius 1 is 1.47 bits per heavy atom. The highest BCUT2D eigenvalue weighted by Crippen LogP contribution is 2.23. The lowest BCUT2D eigenvalue weighted by atomic mass is 10.2. The van der Waals surface area contributed by atoms with Gasteiger partial charge >= 0.3 is 0 Å². The minimum atomic E-state index is -0.470. The van der Waals surface area contributed by atoms with E-state index in [9.17, 15) is 4.79 Å². The molecule has 5 heteroatoms. The summed E-state index contributed by atoms with van der Waals surface area (Å²) in [6.07, 6.45) is 9.28. The number of carbonyl (C=O) groups excluding carboxylic acids is 1. The molecular formula is C14H22N4O. The van der Waals surface area contributed by atoms with E-state index in [1.807, 2.05) is 0 Å². The summed E-state index contributed by atoms with van der Waals surface area (Å²) in [5.41, 5.74) is 5.78. The van der Waals surface area contributed by atoms with Crippen molar-refractivity contribution in [2.75, 3.05) is 5.32 Å². The highest BCUT2D eigenvalue weighted by molar-refractivity contribution is 5.97. The second-order valence-corrected chi connectivity index (χ2v) is 5.14. The van der Waals surface area contributed by atoms with Crippen LogP contribution in [0, 0.1) is 0 Å². The second-order valence-electron chi connectivity index (χ2n) is 5.14. The highest BCUT2D eigenvalue weighted by Gasteiger charge is 2.19. The summed E-state index contributed by atoms with van der Waals surface area (Å²) in [6.45, 7) is 2.13. The zero-order valence-electron chi connectivity index (χ0n) is 11.5. The van der Waals surface area contributed by atoms with Gasteiger partial charge in [-0.15, -0.1) is 0 Å². The molecule has 19 heavy (non-hydrogen) atoms. The molecule has 3 N–H and O–H groups in total. The second kappa shape index (κ2) is 6.50. The van der Waals surface area contributed by atoms with Gasteiger partial charge in [0.15, 0.2) is 0 Å². The molecule has 0 unspecified atom stereocenters. The molecule has 1 aliphatic rings. The van der Waals surface area contributed by atoms with E-state index in [1.54, 1.807) is 6.20 Å². The van der Waals surface area contributed by atoms with Crippen molar-refractivity contribution >= 4 is 11.7 Å². The lowest BCUT2D eigenvalue weighted by Crippen LogP contribution is -2.22. The molecule has 5 nitrogen and oxygen atoms in total. The van der Waals surface area contributed by atoms with Crippen LogP contribution in [0.25, 0.3) is 0 Å². The Labute approximate surface area is 114 Å². The first-order valence-electron chi connectivity index (χ1n) is 7.13. The zero-order chi connectivity index (χ0) is 13.7. The maximum atomic E-state index is 11.4. The van der Waals surface area contributed by atoms with Crippen LogP contribution >= 0.6 is 0 Å². The van der Waals surface area contributed by atoms with E-state index in [0.29, 0.717) is 17.4 Å². The van der Waals surface area contributed by atoms with Gasteiger partial charge in [0.1, 0.15) is 11.6 Å². The van der Waals surface area contributed by atoms with E-state index in [0.717, 1.165) is 37.9 Å². The first-order valence-corrected chi connectivity index (χ1v) is 7.13. The topological polar surface area (TPSA) is 80.9 Å². The first-order chi connectivity index (χ1) is 9.20. The Morgan fingerprint density at radius 2 is 2.21 bits per heavy atom. The van der Waals surface area contributed by atoms with Crippen LogP contribution < -0.4 is 11.1 Å². The summed E-state index contributed by atoms with van der Waals surface area (Å²) in [6, 6.07) is 0.409. The summed E-state index contributed by atoms with van der Waals surface area (Å²) >= 11 is 0. The zero-order valence-corrected chi connectivity index (χ0v) is 11.5. The van der Waals surface area contributed by atoms with Crippen molar-refractivity contribution in [1.82, 2.24) is 9.97 Å². The molecule has 1 aliphatic carbocycles. The number of rotatable bonds is 6. The molecule has 1 saturated carbocycles. The van der Waals surface area contributed by atoms with E-state index in [2.05, 4.69) is 22.2 Å². The monoisotopic (exact) mass is 262 g/mol. The van der Waals surface area contributed by atoms with Gasteiger partial charge in [-0.2, -0.15) is 0 Å². The van der Waals surface area contributed by atoms with Gasteiger partial charge in [0.25, 0.3) is 5.91 Å². The van der Waals surface area contributed by atoms with Crippen LogP contribution in [0.3, 0.4) is 0 Å². The van der Waals surface area contributed by atoms with E-state index in [1.165, 1.54) is 12.8 Å². The molecule has 0 atom stereocenters. The minimum Gasteiger partial charge on any atom is -0.367 e. The lowest BCUT2D eigenvalue weighted by Gasteiger charge is -2.15. The molecule has 0 bridgehead atoms. The third kappa shape index (κ3) is 3.66. The van der Waals surface area contributed by atoms with Crippen molar-refractivity contribution in [2.45, 2.75) is 57.9 Å². The standard InChI is InChI=1S/C14H22N4O/c1-2-3-8-12-16-9-11(13(15)19)14(18-12)17-10-6-4-5-7-10/h9-10H,2-8H2,1H3,(H2,15,19)(H,16,17,18). The number of hydrogen-bond acceptors (Lipinski definition) is 4. The van der Waals surface area contributed by atoms with E-state index in [-0.39, 0.29) is 0 Å². The Balaban J connectivity index is 2.17. The maximum absolute atomic E-state index is 11.4. The van der Waals surface area contributed by atoms with Crippen molar-refractivity contribution in [1.29, 1.82) is 0 Å². The third-order valence-corrected chi connectivity index (χ3v) is 3.55. The molecule has 2 rings (SSSR count). The molecule has 1 aromatic rings. The first kappa shape index (κ1) is 13.8. The fourth-order valence-corrected chi connectivity index (χ4v) is 2.43. The summed E-state index contributed by atoms with van der Waals surface area (Å²) in [7, 11) is 0. The number of nitrogens with two attached hydrogens (primary N) is 1. The number of carbonyl (C=O) groups is 1. The molecule has 0 aliphatic heterocycles. The fourth-order valence-electron chi connectivity index (χ4n) is 2.43. The minimum absolute atomic E-state index is 0.396. The average Bonchev–Trinajstić information content (AvgIpc) is 2.89. The molecular weight excluding hydrogens is 240 g/mol. The number of anilines is 1. The van der Waals surface area contributed by atoms with Crippen molar-refractivity contribution in [3.05, 3.63) is 17.6 Å². The number of amides is 1. The summed E-state index contributed by atoms with van der Waals surface area (Å²) in [5.74, 6) is 0.926. The molecule has 1 aromatic heterocycles. The molecule has 0 saturated heterocycles. The predicted molar refractivity (Wildman–Crippen MR) is 75.0 cm³/mol. The number of hydrogen-bond donors (Lipinski definition) is 2. The van der Waals surface area contributed by atoms with Crippen LogP contribution in [0.2, 0.25) is 0 Å². The van der Waals surface area contributed by atoms with Gasteiger partial charge in [-0.3, -0.25) is 4.79 Å². The average molecular weight is 262 g/mol. The van der Waals surface area contributed by atoms with Gasteiger partial charge in [0.05, 0.1) is 5.56 Å². The number of aromatic nitrogens is 2. The van der Waals surface area contributed by atoms with Crippen molar-refractivity contribution in [2.24, 2.45) is 5.73 Å². The van der Waals surface area contributed by atoms with Crippen molar-refractivity contribution < 1.29 is 4.79 Å². The quantitative estimate of drug-likeness (QED) is 0.824. The normalized spacial score (nSPS) is 15.6. The molecule has 1 heterocycles. The number of primary amides is 1. The number of aryl methyl sites for hydroxylation is 1. The van der Waals surface area contributed by atoms with Crippen LogP contribution in [0.4, 0.5) is 5.82 Å². The third-order valence-electron chi connectivity index (χ3n) is 3.55. The molecule has 1 fully saturated rings. The van der Waals surface area contributed by atoms with E-state index < -0.39 is 5.91 Å². The largest absolute Gasteiger partial charge is 0.367 e. The van der Waals surface area contributed by atoms with Crippen LogP contribution in [-0.4, -0.2) is 21.9 Å². The van der Waals surface area contributed by atoms with Gasteiger partial charge in [-0.1, -0.05) is 26.2 Å². The lowest BCUT2D eigenvalue weighted by molar-refractivity contribution is 0.100. The molecule has 1 amide bonds. The van der Waals surface area contributed by atoms with Crippen LogP contribution in [0.5, 0.6) is 0 Å². The van der Waals surface area contributed by atoms with Gasteiger partial charge in [0.2, 0.25) is 0 Å². The maximum Gasteiger partial charge on any atom is 0.254 e. The Hall–Kier alpha value is -1.65. The molecule has 104 valence electrons. The molecule has 0 aromatic carbocycles. The fraction of sp³-hybridized carbons (Fsp3) is 0.643. The number of nitrogens with one attached hydrogen (secondary N) is 1. The summed E-state index contributed by atoms with van der Waals surface area (Å²) in [5, 5.41) is 3.36. The van der Waals surface area contributed by atoms with Crippen molar-refractivity contribution in [3.8, 4) is 0 Å². The van der Waals surface area contributed by atoms with Gasteiger partial charge in [-0.25, -0.2) is 9.97 Å². The predicted octanol–water partition coefficient (Wildman–Crippen LogP) is 2.27. The molecule has 0 radical (unpaired) electrons. The smallest absolute Gasteiger partial charge is 0.254 e. The Morgan fingerprint density at radius 3 is 2.84 bits per heavy atom. The van der Waals surface area contributed by atoms with E-state index >= 15 is 0 Å². The Bertz CT molecular complexity index is 441. The number of nitrogens with zero attached hydrogens (tertiary/aromatic N) is 2. The van der Waals surface area contributed by atoms with Crippen LogP contribution in [0.15, 0.2) is 6.20 Å². The van der Waals surface area contributed by atoms with Crippen LogP contribution in [-0.2, 0) is 6.42 Å². The van der Waals surface area contributed by atoms with Crippen molar-refractivity contribution in [3.63, 3.8) is 0 Å². The van der Waals surface area contributed by atoms with Gasteiger partial charge in [0, 0.05) is 18.7 Å². The summed E-state index contributed by atoms with van der Waals surface area (Å²) < 4.78 is 0. The SMILES string of the molecule is CCCCc1ncc(C(N)=O)c(NC2CCCC2)n1. The van der Waals surface area contributed by atoms with Crippen LogP contribution in [0.1, 0.15) is 61.6 Å². The number of unbranched alkanes of at least 4 members (excludes halogenated alkanes) is 1. The van der Waals surface area contributed by atoms with Gasteiger partial charge in [-0.05, 0) is 19.3 Å². The Kier molecular flexibility index (Phi) is 4.71.